The lowest BCUT2D eigenvalue weighted by Gasteiger charge is -2.43. The van der Waals surface area contributed by atoms with Crippen molar-refractivity contribution in [3.63, 3.8) is 0 Å². The van der Waals surface area contributed by atoms with Crippen LogP contribution in [0.15, 0.2) is 174 Å². The Morgan fingerprint density at radius 1 is 0.426 bits per heavy atom. The number of ether oxygens (including phenoxy) is 1. The Hall–Kier alpha value is -5.07. The molecule has 0 saturated carbocycles. The number of hydrogen-bond donors (Lipinski definition) is 0. The van der Waals surface area contributed by atoms with Crippen molar-refractivity contribution >= 4 is 89.2 Å². The van der Waals surface area contributed by atoms with Gasteiger partial charge in [0.15, 0.2) is 8.07 Å². The van der Waals surface area contributed by atoms with E-state index in [4.69, 9.17) is 4.74 Å². The molecule has 1 spiro atoms. The SMILES string of the molecule is c1ccc(N(c2ccc3c(c2)[Si]2(c4ccccc4Oc4ccccc42)c2ccccc2S3)c2ccc3sc4ccccc4c3c2)cc1. The molecule has 0 bridgehead atoms. The van der Waals surface area contributed by atoms with Crippen LogP contribution in [0.3, 0.4) is 0 Å². The summed E-state index contributed by atoms with van der Waals surface area (Å²) in [6.45, 7) is 0. The molecule has 0 aliphatic carbocycles. The van der Waals surface area contributed by atoms with Crippen molar-refractivity contribution in [2.45, 2.75) is 9.79 Å². The minimum Gasteiger partial charge on any atom is -0.458 e. The maximum atomic E-state index is 6.64. The predicted octanol–water partition coefficient (Wildman–Crippen LogP) is 9.47. The molecule has 5 heteroatoms. The minimum atomic E-state index is -2.77. The van der Waals surface area contributed by atoms with E-state index in [2.05, 4.69) is 169 Å². The molecule has 2 nitrogen and oxygen atoms in total. The molecule has 47 heavy (non-hydrogen) atoms. The molecule has 0 radical (unpaired) electrons. The first-order valence-electron chi connectivity index (χ1n) is 15.8. The Kier molecular flexibility index (Phi) is 6.03. The Balaban J connectivity index is 1.27. The van der Waals surface area contributed by atoms with Crippen LogP contribution in [0.4, 0.5) is 17.1 Å². The van der Waals surface area contributed by atoms with Crippen molar-refractivity contribution < 1.29 is 4.74 Å². The number of para-hydroxylation sites is 3. The molecule has 0 fully saturated rings. The van der Waals surface area contributed by atoms with Crippen molar-refractivity contribution in [2.24, 2.45) is 0 Å². The van der Waals surface area contributed by atoms with Gasteiger partial charge in [-0.3, -0.25) is 0 Å². The second kappa shape index (κ2) is 10.5. The Labute approximate surface area is 282 Å². The van der Waals surface area contributed by atoms with Crippen molar-refractivity contribution in [1.29, 1.82) is 0 Å². The third-order valence-electron chi connectivity index (χ3n) is 9.57. The minimum absolute atomic E-state index is 0.964. The van der Waals surface area contributed by atoms with Crippen molar-refractivity contribution in [1.82, 2.24) is 0 Å². The first-order valence-corrected chi connectivity index (χ1v) is 19.5. The molecule has 2 aliphatic rings. The highest BCUT2D eigenvalue weighted by atomic mass is 32.2. The third kappa shape index (κ3) is 3.97. The molecule has 10 rings (SSSR count). The van der Waals surface area contributed by atoms with Gasteiger partial charge in [0.25, 0.3) is 0 Å². The van der Waals surface area contributed by atoms with E-state index >= 15 is 0 Å². The third-order valence-corrected chi connectivity index (χ3v) is 17.1. The lowest BCUT2D eigenvalue weighted by atomic mass is 10.1. The number of thiophene rings is 1. The predicted molar refractivity (Wildman–Crippen MR) is 202 cm³/mol. The Morgan fingerprint density at radius 2 is 1.02 bits per heavy atom. The number of fused-ring (bicyclic) bond motifs is 11. The summed E-state index contributed by atoms with van der Waals surface area (Å²) in [5, 5.41) is 8.05. The molecular formula is C42H27NOS2Si. The van der Waals surface area contributed by atoms with Gasteiger partial charge in [0.05, 0.1) is 0 Å². The highest BCUT2D eigenvalue weighted by Gasteiger charge is 2.52. The smallest absolute Gasteiger partial charge is 0.190 e. The number of nitrogens with zero attached hydrogens (tertiary/aromatic N) is 1. The first kappa shape index (κ1) is 27.1. The quantitative estimate of drug-likeness (QED) is 0.176. The maximum absolute atomic E-state index is 6.64. The molecule has 0 unspecified atom stereocenters. The molecule has 222 valence electrons. The van der Waals surface area contributed by atoms with Crippen LogP contribution < -0.4 is 30.4 Å². The zero-order valence-corrected chi connectivity index (χ0v) is 27.9. The molecule has 2 aliphatic heterocycles. The largest absolute Gasteiger partial charge is 0.458 e. The summed E-state index contributed by atoms with van der Waals surface area (Å²) in [6, 6.07) is 60.1. The number of rotatable bonds is 3. The van der Waals surface area contributed by atoms with Crippen LogP contribution in [0.25, 0.3) is 20.2 Å². The van der Waals surface area contributed by atoms with E-state index in [-0.39, 0.29) is 0 Å². The highest BCUT2D eigenvalue weighted by molar-refractivity contribution is 8.00. The average Bonchev–Trinajstić information content (AvgIpc) is 3.50. The second-order valence-corrected chi connectivity index (χ2v) is 17.9. The maximum Gasteiger partial charge on any atom is 0.190 e. The van der Waals surface area contributed by atoms with Crippen molar-refractivity contribution in [2.75, 3.05) is 4.90 Å². The number of hydrogen-bond acceptors (Lipinski definition) is 4. The summed E-state index contributed by atoms with van der Waals surface area (Å²) in [7, 11) is -2.77. The molecule has 1 aromatic heterocycles. The molecule has 0 amide bonds. The van der Waals surface area contributed by atoms with Crippen LogP contribution in [0.2, 0.25) is 0 Å². The van der Waals surface area contributed by atoms with E-state index < -0.39 is 8.07 Å². The van der Waals surface area contributed by atoms with Gasteiger partial charge in [-0.2, -0.15) is 0 Å². The summed E-state index contributed by atoms with van der Waals surface area (Å²) in [4.78, 5) is 5.08. The van der Waals surface area contributed by atoms with E-state index in [1.165, 1.54) is 50.7 Å². The fourth-order valence-corrected chi connectivity index (χ4v) is 15.9. The summed E-state index contributed by atoms with van der Waals surface area (Å²) in [6.07, 6.45) is 0. The normalized spacial score (nSPS) is 13.8. The van der Waals surface area contributed by atoms with E-state index in [0.717, 1.165) is 28.6 Å². The van der Waals surface area contributed by atoms with Crippen LogP contribution in [-0.4, -0.2) is 8.07 Å². The van der Waals surface area contributed by atoms with E-state index in [1.807, 2.05) is 23.1 Å². The van der Waals surface area contributed by atoms with Gasteiger partial charge < -0.3 is 9.64 Å². The van der Waals surface area contributed by atoms with E-state index in [0.29, 0.717) is 0 Å². The van der Waals surface area contributed by atoms with Crippen LogP contribution in [0, 0.1) is 0 Å². The second-order valence-electron chi connectivity index (χ2n) is 12.1. The van der Waals surface area contributed by atoms with Crippen LogP contribution in [0.1, 0.15) is 0 Å². The van der Waals surface area contributed by atoms with Gasteiger partial charge in [-0.1, -0.05) is 103 Å². The standard InChI is InChI=1S/C42H27NOS2Si/c1-2-12-28(13-3-1)43(29-22-24-36-32(26-29)31-14-4-7-17-35(31)45-36)30-23-25-38-42(27-30)47(41-21-11-8-18-37(41)46-38)39-19-9-5-15-33(39)44-34-16-6-10-20-40(34)47/h1-27H. The van der Waals surface area contributed by atoms with Crippen molar-refractivity contribution in [3.05, 3.63) is 164 Å². The zero-order valence-electron chi connectivity index (χ0n) is 25.3. The monoisotopic (exact) mass is 653 g/mol. The lowest BCUT2D eigenvalue weighted by molar-refractivity contribution is 0.487. The van der Waals surface area contributed by atoms with E-state index in [9.17, 15) is 0 Å². The molecule has 0 saturated heterocycles. The summed E-state index contributed by atoms with van der Waals surface area (Å²) < 4.78 is 9.27. The van der Waals surface area contributed by atoms with Gasteiger partial charge in [0.2, 0.25) is 0 Å². The summed E-state index contributed by atoms with van der Waals surface area (Å²) >= 11 is 3.75. The van der Waals surface area contributed by atoms with E-state index in [1.54, 1.807) is 0 Å². The van der Waals surface area contributed by atoms with Crippen molar-refractivity contribution in [3.8, 4) is 11.5 Å². The summed E-state index contributed by atoms with van der Waals surface area (Å²) in [5.41, 5.74) is 3.44. The van der Waals surface area contributed by atoms with Gasteiger partial charge in [-0.15, -0.1) is 11.3 Å². The van der Waals surface area contributed by atoms with Gasteiger partial charge in [0, 0.05) is 47.0 Å². The van der Waals surface area contributed by atoms with Crippen LogP contribution >= 0.6 is 23.1 Å². The molecule has 0 atom stereocenters. The zero-order chi connectivity index (χ0) is 31.0. The topological polar surface area (TPSA) is 12.5 Å². The fourth-order valence-electron chi connectivity index (χ4n) is 7.62. The molecule has 7 aromatic carbocycles. The van der Waals surface area contributed by atoms with Crippen LogP contribution in [0.5, 0.6) is 11.5 Å². The van der Waals surface area contributed by atoms with Gasteiger partial charge >= 0.3 is 0 Å². The first-order chi connectivity index (χ1) is 23.3. The Morgan fingerprint density at radius 3 is 1.83 bits per heavy atom. The number of anilines is 3. The highest BCUT2D eigenvalue weighted by Crippen LogP contribution is 2.43. The van der Waals surface area contributed by atoms with Gasteiger partial charge in [-0.25, -0.2) is 0 Å². The average molecular weight is 654 g/mol. The fraction of sp³-hybridized carbons (Fsp3) is 0. The molecular weight excluding hydrogens is 627 g/mol. The summed E-state index contributed by atoms with van der Waals surface area (Å²) in [5.74, 6) is 1.93. The molecule has 8 aromatic rings. The molecule has 3 heterocycles. The molecule has 0 N–H and O–H groups in total. The Bertz CT molecular complexity index is 2400. The van der Waals surface area contributed by atoms with Gasteiger partial charge in [-0.05, 0) is 93.5 Å². The number of benzene rings is 7. The van der Waals surface area contributed by atoms with Gasteiger partial charge in [0.1, 0.15) is 11.5 Å². The lowest BCUT2D eigenvalue weighted by Crippen LogP contribution is -2.77. The van der Waals surface area contributed by atoms with Crippen LogP contribution in [-0.2, 0) is 0 Å².